The van der Waals surface area contributed by atoms with Gasteiger partial charge in [0, 0.05) is 12.1 Å². The Kier molecular flexibility index (Phi) is 3.84. The molecular formula is C15H21NO4S. The zero-order chi connectivity index (χ0) is 15.0. The first kappa shape index (κ1) is 14.7. The summed E-state index contributed by atoms with van der Waals surface area (Å²) in [6.45, 7) is 0. The molecule has 2 aliphatic carbocycles. The lowest BCUT2D eigenvalue weighted by molar-refractivity contribution is 0.353. The van der Waals surface area contributed by atoms with E-state index in [0.29, 0.717) is 23.3 Å². The summed E-state index contributed by atoms with van der Waals surface area (Å²) in [6, 6.07) is 4.77. The van der Waals surface area contributed by atoms with Crippen molar-refractivity contribution in [3.63, 3.8) is 0 Å². The van der Waals surface area contributed by atoms with Crippen molar-refractivity contribution < 1.29 is 17.9 Å². The van der Waals surface area contributed by atoms with Crippen LogP contribution in [0.2, 0.25) is 0 Å². The van der Waals surface area contributed by atoms with Gasteiger partial charge in [0.15, 0.2) is 11.5 Å². The Morgan fingerprint density at radius 3 is 2.43 bits per heavy atom. The van der Waals surface area contributed by atoms with Crippen molar-refractivity contribution >= 4 is 10.0 Å². The Morgan fingerprint density at radius 2 is 1.86 bits per heavy atom. The van der Waals surface area contributed by atoms with E-state index in [1.807, 2.05) is 0 Å². The van der Waals surface area contributed by atoms with Crippen LogP contribution in [0.4, 0.5) is 0 Å². The van der Waals surface area contributed by atoms with Gasteiger partial charge in [0.05, 0.1) is 19.1 Å². The van der Waals surface area contributed by atoms with Crippen LogP contribution in [0.1, 0.15) is 25.7 Å². The molecule has 2 saturated carbocycles. The van der Waals surface area contributed by atoms with Crippen LogP contribution in [-0.4, -0.2) is 28.7 Å². The topological polar surface area (TPSA) is 64.6 Å². The van der Waals surface area contributed by atoms with Gasteiger partial charge in [-0.05, 0) is 43.2 Å². The summed E-state index contributed by atoms with van der Waals surface area (Å²) in [7, 11) is -0.484. The molecule has 0 aromatic heterocycles. The second-order valence-corrected chi connectivity index (χ2v) is 7.63. The van der Waals surface area contributed by atoms with Crippen LogP contribution in [0.15, 0.2) is 23.1 Å². The molecule has 6 heteroatoms. The van der Waals surface area contributed by atoms with E-state index in [9.17, 15) is 8.42 Å². The third-order valence-electron chi connectivity index (χ3n) is 4.71. The Morgan fingerprint density at radius 1 is 1.10 bits per heavy atom. The van der Waals surface area contributed by atoms with Crippen molar-refractivity contribution in [1.82, 2.24) is 4.72 Å². The van der Waals surface area contributed by atoms with E-state index in [2.05, 4.69) is 4.72 Å². The molecule has 3 rings (SSSR count). The fourth-order valence-electron chi connectivity index (χ4n) is 3.64. The van der Waals surface area contributed by atoms with E-state index in [1.54, 1.807) is 12.1 Å². The summed E-state index contributed by atoms with van der Waals surface area (Å²) in [5, 5.41) is 0. The maximum Gasteiger partial charge on any atom is 0.240 e. The molecule has 5 nitrogen and oxygen atoms in total. The first-order valence-electron chi connectivity index (χ1n) is 7.28. The van der Waals surface area contributed by atoms with Crippen molar-refractivity contribution in [3.8, 4) is 11.5 Å². The van der Waals surface area contributed by atoms with Crippen molar-refractivity contribution in [3.05, 3.63) is 18.2 Å². The molecule has 1 aromatic rings. The van der Waals surface area contributed by atoms with Gasteiger partial charge in [-0.15, -0.1) is 0 Å². The second kappa shape index (κ2) is 5.50. The highest BCUT2D eigenvalue weighted by atomic mass is 32.2. The zero-order valence-electron chi connectivity index (χ0n) is 12.3. The number of hydrogen-bond acceptors (Lipinski definition) is 4. The number of rotatable bonds is 5. The first-order valence-corrected chi connectivity index (χ1v) is 8.76. The minimum absolute atomic E-state index is 0.0850. The highest BCUT2D eigenvalue weighted by Crippen LogP contribution is 2.45. The SMILES string of the molecule is COc1ccc(S(=O)(=O)N[C@@H]2C[C@@H]3CC[C@H]2C3)cc1OC. The molecule has 1 N–H and O–H groups in total. The highest BCUT2D eigenvalue weighted by molar-refractivity contribution is 7.89. The van der Waals surface area contributed by atoms with E-state index in [-0.39, 0.29) is 10.9 Å². The summed E-state index contributed by atoms with van der Waals surface area (Å²) < 4.78 is 38.2. The Balaban J connectivity index is 1.81. The number of ether oxygens (including phenoxy) is 2. The van der Waals surface area contributed by atoms with Crippen molar-refractivity contribution in [2.45, 2.75) is 36.6 Å². The van der Waals surface area contributed by atoms with Gasteiger partial charge in [0.2, 0.25) is 10.0 Å². The number of sulfonamides is 1. The molecule has 0 unspecified atom stereocenters. The molecule has 21 heavy (non-hydrogen) atoms. The molecule has 3 atom stereocenters. The molecule has 0 heterocycles. The normalized spacial score (nSPS) is 27.8. The van der Waals surface area contributed by atoms with E-state index < -0.39 is 10.0 Å². The molecule has 0 radical (unpaired) electrons. The second-order valence-electron chi connectivity index (χ2n) is 5.92. The molecule has 2 bridgehead atoms. The van der Waals surface area contributed by atoms with Gasteiger partial charge < -0.3 is 9.47 Å². The minimum atomic E-state index is -3.51. The van der Waals surface area contributed by atoms with Crippen LogP contribution in [0, 0.1) is 11.8 Å². The molecule has 2 aliphatic rings. The summed E-state index contributed by atoms with van der Waals surface area (Å²) in [5.74, 6) is 2.16. The van der Waals surface area contributed by atoms with Crippen molar-refractivity contribution in [2.24, 2.45) is 11.8 Å². The van der Waals surface area contributed by atoms with Gasteiger partial charge in [0.25, 0.3) is 0 Å². The number of nitrogens with one attached hydrogen (secondary N) is 1. The summed E-state index contributed by atoms with van der Waals surface area (Å²) in [5.41, 5.74) is 0. The predicted octanol–water partition coefficient (Wildman–Crippen LogP) is 2.17. The highest BCUT2D eigenvalue weighted by Gasteiger charge is 2.41. The molecule has 2 fully saturated rings. The largest absolute Gasteiger partial charge is 0.493 e. The van der Waals surface area contributed by atoms with Gasteiger partial charge in [-0.2, -0.15) is 0 Å². The van der Waals surface area contributed by atoms with E-state index in [4.69, 9.17) is 9.47 Å². The van der Waals surface area contributed by atoms with Crippen molar-refractivity contribution in [1.29, 1.82) is 0 Å². The molecule has 0 amide bonds. The predicted molar refractivity (Wildman–Crippen MR) is 79.1 cm³/mol. The lowest BCUT2D eigenvalue weighted by Crippen LogP contribution is -2.38. The summed E-state index contributed by atoms with van der Waals surface area (Å²) in [4.78, 5) is 0.225. The minimum Gasteiger partial charge on any atom is -0.493 e. The van der Waals surface area contributed by atoms with Crippen LogP contribution in [0.3, 0.4) is 0 Å². The van der Waals surface area contributed by atoms with Crippen LogP contribution in [-0.2, 0) is 10.0 Å². The van der Waals surface area contributed by atoms with Crippen LogP contribution < -0.4 is 14.2 Å². The smallest absolute Gasteiger partial charge is 0.240 e. The quantitative estimate of drug-likeness (QED) is 0.905. The third-order valence-corrected chi connectivity index (χ3v) is 6.20. The summed E-state index contributed by atoms with van der Waals surface area (Å²) >= 11 is 0. The van der Waals surface area contributed by atoms with Crippen molar-refractivity contribution in [2.75, 3.05) is 14.2 Å². The standard InChI is InChI=1S/C15H21NO4S/c1-19-14-6-5-12(9-15(14)20-2)21(17,18)16-13-8-10-3-4-11(13)7-10/h5-6,9-11,13,16H,3-4,7-8H2,1-2H3/t10-,11+,13-/m1/s1. The van der Waals surface area contributed by atoms with Gasteiger partial charge in [-0.25, -0.2) is 13.1 Å². The average Bonchev–Trinajstić information content (AvgIpc) is 3.08. The number of hydrogen-bond donors (Lipinski definition) is 1. The lowest BCUT2D eigenvalue weighted by Gasteiger charge is -2.23. The molecular weight excluding hydrogens is 290 g/mol. The molecule has 0 aliphatic heterocycles. The average molecular weight is 311 g/mol. The lowest BCUT2D eigenvalue weighted by atomic mass is 9.96. The fourth-order valence-corrected chi connectivity index (χ4v) is 4.97. The molecule has 1 aromatic carbocycles. The molecule has 0 spiro atoms. The molecule has 116 valence electrons. The fraction of sp³-hybridized carbons (Fsp3) is 0.600. The maximum atomic E-state index is 12.5. The van der Waals surface area contributed by atoms with Gasteiger partial charge in [-0.3, -0.25) is 0 Å². The number of fused-ring (bicyclic) bond motifs is 2. The monoisotopic (exact) mass is 311 g/mol. The number of methoxy groups -OCH3 is 2. The Hall–Kier alpha value is -1.27. The Bertz CT molecular complexity index is 629. The zero-order valence-corrected chi connectivity index (χ0v) is 13.2. The molecule has 0 saturated heterocycles. The third kappa shape index (κ3) is 2.74. The first-order chi connectivity index (χ1) is 10.0. The van der Waals surface area contributed by atoms with Crippen LogP contribution >= 0.6 is 0 Å². The van der Waals surface area contributed by atoms with E-state index in [1.165, 1.54) is 33.1 Å². The van der Waals surface area contributed by atoms with E-state index in [0.717, 1.165) is 12.8 Å². The number of benzene rings is 1. The Labute approximate surface area is 125 Å². The van der Waals surface area contributed by atoms with Crippen LogP contribution in [0.25, 0.3) is 0 Å². The van der Waals surface area contributed by atoms with Gasteiger partial charge >= 0.3 is 0 Å². The van der Waals surface area contributed by atoms with Crippen LogP contribution in [0.5, 0.6) is 11.5 Å². The van der Waals surface area contributed by atoms with E-state index >= 15 is 0 Å². The van der Waals surface area contributed by atoms with Gasteiger partial charge in [-0.1, -0.05) is 6.42 Å². The van der Waals surface area contributed by atoms with Gasteiger partial charge in [0.1, 0.15) is 0 Å². The summed E-state index contributed by atoms with van der Waals surface area (Å²) in [6.07, 6.45) is 4.53. The maximum absolute atomic E-state index is 12.5.